The fourth-order valence-corrected chi connectivity index (χ4v) is 2.03. The molecule has 0 aliphatic heterocycles. The Morgan fingerprint density at radius 3 is 1.73 bits per heavy atom. The summed E-state index contributed by atoms with van der Waals surface area (Å²) in [5, 5.41) is 5.72. The number of hydrogen-bond acceptors (Lipinski definition) is 3. The van der Waals surface area contributed by atoms with Crippen molar-refractivity contribution in [2.24, 2.45) is 5.73 Å². The van der Waals surface area contributed by atoms with Gasteiger partial charge in [0.05, 0.1) is 0 Å². The van der Waals surface area contributed by atoms with Crippen LogP contribution in [0, 0.1) is 0 Å². The van der Waals surface area contributed by atoms with Gasteiger partial charge in [0, 0.05) is 24.2 Å². The lowest BCUT2D eigenvalue weighted by Gasteiger charge is -2.07. The average molecular weight is 305 g/mol. The van der Waals surface area contributed by atoms with Gasteiger partial charge in [-0.05, 0) is 50.1 Å². The Labute approximate surface area is 132 Å². The zero-order valence-corrected chi connectivity index (χ0v) is 13.4. The van der Waals surface area contributed by atoms with E-state index >= 15 is 0 Å². The van der Waals surface area contributed by atoms with Crippen LogP contribution in [0.25, 0.3) is 0 Å². The van der Waals surface area contributed by atoms with Crippen molar-refractivity contribution in [1.82, 2.24) is 10.6 Å². The number of carbonyl (C=O) groups is 2. The Morgan fingerprint density at radius 2 is 1.32 bits per heavy atom. The highest BCUT2D eigenvalue weighted by molar-refractivity contribution is 5.97. The molecule has 0 aliphatic carbocycles. The van der Waals surface area contributed by atoms with Gasteiger partial charge in [0.15, 0.2) is 0 Å². The highest BCUT2D eigenvalue weighted by atomic mass is 16.2. The van der Waals surface area contributed by atoms with E-state index in [0.29, 0.717) is 30.8 Å². The minimum absolute atomic E-state index is 0.0917. The highest BCUT2D eigenvalue weighted by Crippen LogP contribution is 2.05. The minimum atomic E-state index is -0.119. The summed E-state index contributed by atoms with van der Waals surface area (Å²) in [5.74, 6) is -0.210. The lowest BCUT2D eigenvalue weighted by molar-refractivity contribution is 0.0941. The maximum absolute atomic E-state index is 11.9. The van der Waals surface area contributed by atoms with E-state index in [2.05, 4.69) is 17.6 Å². The number of hydrogen-bond donors (Lipinski definition) is 3. The van der Waals surface area contributed by atoms with E-state index in [0.717, 1.165) is 32.1 Å². The van der Waals surface area contributed by atoms with E-state index in [4.69, 9.17) is 5.73 Å². The first-order chi connectivity index (χ1) is 10.7. The zero-order valence-electron chi connectivity index (χ0n) is 13.4. The molecule has 0 saturated carbocycles. The van der Waals surface area contributed by atoms with E-state index in [9.17, 15) is 9.59 Å². The average Bonchev–Trinajstić information content (AvgIpc) is 2.55. The summed E-state index contributed by atoms with van der Waals surface area (Å²) in [6, 6.07) is 6.73. The number of carbonyl (C=O) groups excluding carboxylic acids is 2. The lowest BCUT2D eigenvalue weighted by Crippen LogP contribution is -2.26. The van der Waals surface area contributed by atoms with Crippen LogP contribution in [0.5, 0.6) is 0 Å². The fraction of sp³-hybridized carbons (Fsp3) is 0.529. The summed E-state index contributed by atoms with van der Waals surface area (Å²) in [6.45, 7) is 4.07. The number of unbranched alkanes of at least 4 members (excludes halogenated alkanes) is 3. The molecule has 0 bridgehead atoms. The molecule has 122 valence electrons. The van der Waals surface area contributed by atoms with Gasteiger partial charge < -0.3 is 16.4 Å². The van der Waals surface area contributed by atoms with Gasteiger partial charge in [-0.25, -0.2) is 0 Å². The SMILES string of the molecule is CCCCCNC(=O)c1ccc(C(=O)NCCCCN)cc1. The zero-order chi connectivity index (χ0) is 16.2. The molecule has 5 nitrogen and oxygen atoms in total. The van der Waals surface area contributed by atoms with Crippen molar-refractivity contribution in [2.45, 2.75) is 39.0 Å². The predicted octanol–water partition coefficient (Wildman–Crippen LogP) is 2.08. The third-order valence-corrected chi connectivity index (χ3v) is 3.39. The van der Waals surface area contributed by atoms with Crippen molar-refractivity contribution in [1.29, 1.82) is 0 Å². The van der Waals surface area contributed by atoms with Gasteiger partial charge in [0.25, 0.3) is 11.8 Å². The number of nitrogens with two attached hydrogens (primary N) is 1. The van der Waals surface area contributed by atoms with Gasteiger partial charge in [-0.1, -0.05) is 19.8 Å². The molecule has 2 amide bonds. The smallest absolute Gasteiger partial charge is 0.251 e. The van der Waals surface area contributed by atoms with Gasteiger partial charge in [-0.3, -0.25) is 9.59 Å². The minimum Gasteiger partial charge on any atom is -0.352 e. The van der Waals surface area contributed by atoms with Crippen LogP contribution >= 0.6 is 0 Å². The van der Waals surface area contributed by atoms with Crippen molar-refractivity contribution in [2.75, 3.05) is 19.6 Å². The van der Waals surface area contributed by atoms with Crippen LogP contribution in [0.15, 0.2) is 24.3 Å². The Balaban J connectivity index is 2.41. The molecule has 1 aromatic carbocycles. The Kier molecular flexibility index (Phi) is 8.91. The molecule has 0 saturated heterocycles. The molecule has 0 aliphatic rings. The molecule has 4 N–H and O–H groups in total. The van der Waals surface area contributed by atoms with E-state index in [-0.39, 0.29) is 11.8 Å². The molecule has 1 rings (SSSR count). The molecule has 1 aromatic rings. The van der Waals surface area contributed by atoms with Crippen LogP contribution in [0.2, 0.25) is 0 Å². The van der Waals surface area contributed by atoms with Crippen LogP contribution in [-0.2, 0) is 0 Å². The van der Waals surface area contributed by atoms with Crippen molar-refractivity contribution < 1.29 is 9.59 Å². The number of nitrogens with one attached hydrogen (secondary N) is 2. The third kappa shape index (κ3) is 6.72. The molecule has 5 heteroatoms. The van der Waals surface area contributed by atoms with Gasteiger partial charge in [-0.2, -0.15) is 0 Å². The topological polar surface area (TPSA) is 84.2 Å². The summed E-state index contributed by atoms with van der Waals surface area (Å²) in [4.78, 5) is 23.8. The summed E-state index contributed by atoms with van der Waals surface area (Å²) in [7, 11) is 0. The molecule has 0 fully saturated rings. The van der Waals surface area contributed by atoms with Gasteiger partial charge >= 0.3 is 0 Å². The van der Waals surface area contributed by atoms with Crippen molar-refractivity contribution in [3.8, 4) is 0 Å². The summed E-state index contributed by atoms with van der Waals surface area (Å²) in [5.41, 5.74) is 6.55. The Hall–Kier alpha value is -1.88. The number of rotatable bonds is 10. The van der Waals surface area contributed by atoms with E-state index < -0.39 is 0 Å². The second-order valence-corrected chi connectivity index (χ2v) is 5.29. The van der Waals surface area contributed by atoms with Gasteiger partial charge in [0.1, 0.15) is 0 Å². The quantitative estimate of drug-likeness (QED) is 0.579. The summed E-state index contributed by atoms with van der Waals surface area (Å²) in [6.07, 6.45) is 5.01. The first kappa shape index (κ1) is 18.2. The van der Waals surface area contributed by atoms with Crippen LogP contribution in [0.1, 0.15) is 59.7 Å². The first-order valence-corrected chi connectivity index (χ1v) is 8.05. The van der Waals surface area contributed by atoms with Crippen molar-refractivity contribution in [3.63, 3.8) is 0 Å². The Bertz CT molecular complexity index is 414. The largest absolute Gasteiger partial charge is 0.352 e. The van der Waals surface area contributed by atoms with Crippen molar-refractivity contribution >= 4 is 11.8 Å². The molecule has 0 spiro atoms. The molecular weight excluding hydrogens is 278 g/mol. The standard InChI is InChI=1S/C17H27N3O2/c1-2-3-5-12-19-16(21)14-7-9-15(10-8-14)17(22)20-13-6-4-11-18/h7-10H,2-6,11-13,18H2,1H3,(H,19,21)(H,20,22). The predicted molar refractivity (Wildman–Crippen MR) is 88.9 cm³/mol. The van der Waals surface area contributed by atoms with Crippen molar-refractivity contribution in [3.05, 3.63) is 35.4 Å². The van der Waals surface area contributed by atoms with Gasteiger partial charge in [0.2, 0.25) is 0 Å². The second kappa shape index (κ2) is 10.8. The van der Waals surface area contributed by atoms with E-state index in [1.807, 2.05) is 0 Å². The maximum Gasteiger partial charge on any atom is 0.251 e. The van der Waals surface area contributed by atoms with Crippen LogP contribution in [0.4, 0.5) is 0 Å². The summed E-state index contributed by atoms with van der Waals surface area (Å²) >= 11 is 0. The lowest BCUT2D eigenvalue weighted by atomic mass is 10.1. The molecule has 0 atom stereocenters. The molecule has 22 heavy (non-hydrogen) atoms. The fourth-order valence-electron chi connectivity index (χ4n) is 2.03. The molecule has 0 unspecified atom stereocenters. The molecule has 0 radical (unpaired) electrons. The third-order valence-electron chi connectivity index (χ3n) is 3.39. The Morgan fingerprint density at radius 1 is 0.864 bits per heavy atom. The summed E-state index contributed by atoms with van der Waals surface area (Å²) < 4.78 is 0. The number of amides is 2. The van der Waals surface area contributed by atoms with Crippen LogP contribution in [0.3, 0.4) is 0 Å². The first-order valence-electron chi connectivity index (χ1n) is 8.05. The van der Waals surface area contributed by atoms with E-state index in [1.54, 1.807) is 24.3 Å². The molecular formula is C17H27N3O2. The monoisotopic (exact) mass is 305 g/mol. The van der Waals surface area contributed by atoms with Crippen LogP contribution < -0.4 is 16.4 Å². The van der Waals surface area contributed by atoms with Crippen LogP contribution in [-0.4, -0.2) is 31.4 Å². The normalized spacial score (nSPS) is 10.3. The molecule has 0 aromatic heterocycles. The molecule has 0 heterocycles. The second-order valence-electron chi connectivity index (χ2n) is 5.29. The number of benzene rings is 1. The maximum atomic E-state index is 11.9. The van der Waals surface area contributed by atoms with E-state index in [1.165, 1.54) is 0 Å². The highest BCUT2D eigenvalue weighted by Gasteiger charge is 2.08. The van der Waals surface area contributed by atoms with Gasteiger partial charge in [-0.15, -0.1) is 0 Å².